The molecule has 0 spiro atoms. The standard InChI is InChI=1S/C27H35FN4O4/c1-17-15-21(33)26(27(36)31(17)13-11-29(3)4)25(19-9-7-8-10-20(19)28)24-18(2)32(14-12-30(5)6)23(35)16-22(24)34/h7-10,15-16,25,33-34H,11-14H2,1-6H3. The maximum absolute atomic E-state index is 15.3. The van der Waals surface area contributed by atoms with Gasteiger partial charge in [0.25, 0.3) is 11.1 Å². The summed E-state index contributed by atoms with van der Waals surface area (Å²) in [5.74, 6) is -2.38. The van der Waals surface area contributed by atoms with Gasteiger partial charge in [0.2, 0.25) is 0 Å². The van der Waals surface area contributed by atoms with Crippen LogP contribution in [0, 0.1) is 19.7 Å². The van der Waals surface area contributed by atoms with Gasteiger partial charge in [-0.3, -0.25) is 9.59 Å². The summed E-state index contributed by atoms with van der Waals surface area (Å²) in [6.45, 7) is 5.22. The van der Waals surface area contributed by atoms with Gasteiger partial charge in [0.15, 0.2) is 0 Å². The predicted octanol–water partition coefficient (Wildman–Crippen LogP) is 2.48. The molecule has 0 aliphatic heterocycles. The highest BCUT2D eigenvalue weighted by Gasteiger charge is 2.32. The van der Waals surface area contributed by atoms with Gasteiger partial charge in [-0.1, -0.05) is 18.2 Å². The fourth-order valence-electron chi connectivity index (χ4n) is 4.49. The van der Waals surface area contributed by atoms with E-state index in [1.165, 1.54) is 33.4 Å². The first-order valence-corrected chi connectivity index (χ1v) is 11.8. The van der Waals surface area contributed by atoms with E-state index in [1.54, 1.807) is 19.9 Å². The van der Waals surface area contributed by atoms with E-state index in [1.807, 2.05) is 38.0 Å². The van der Waals surface area contributed by atoms with Crippen LogP contribution in [0.15, 0.2) is 46.0 Å². The van der Waals surface area contributed by atoms with Crippen LogP contribution < -0.4 is 11.1 Å². The van der Waals surface area contributed by atoms with E-state index in [9.17, 15) is 19.8 Å². The number of likely N-dealkylation sites (N-methyl/N-ethyl adjacent to an activating group) is 2. The van der Waals surface area contributed by atoms with Crippen LogP contribution in [0.3, 0.4) is 0 Å². The molecule has 1 atom stereocenters. The third kappa shape index (κ3) is 5.52. The first kappa shape index (κ1) is 27.2. The van der Waals surface area contributed by atoms with Crippen molar-refractivity contribution < 1.29 is 14.6 Å². The Kier molecular flexibility index (Phi) is 8.37. The van der Waals surface area contributed by atoms with Crippen molar-refractivity contribution >= 4 is 0 Å². The summed E-state index contributed by atoms with van der Waals surface area (Å²) in [5, 5.41) is 22.0. The average molecular weight is 499 g/mol. The molecule has 1 aromatic carbocycles. The summed E-state index contributed by atoms with van der Waals surface area (Å²) in [5.41, 5.74) is 0.340. The summed E-state index contributed by atoms with van der Waals surface area (Å²) in [7, 11) is 7.54. The third-order valence-electron chi connectivity index (χ3n) is 6.45. The van der Waals surface area contributed by atoms with Crippen LogP contribution in [0.4, 0.5) is 4.39 Å². The Hall–Kier alpha value is -3.43. The van der Waals surface area contributed by atoms with Gasteiger partial charge in [-0.2, -0.15) is 0 Å². The second kappa shape index (κ2) is 11.1. The lowest BCUT2D eigenvalue weighted by molar-refractivity contribution is 0.374. The number of nitrogens with zero attached hydrogens (tertiary/aromatic N) is 4. The maximum Gasteiger partial charge on any atom is 0.258 e. The monoisotopic (exact) mass is 498 g/mol. The van der Waals surface area contributed by atoms with E-state index >= 15 is 4.39 Å². The summed E-state index contributed by atoms with van der Waals surface area (Å²) in [6.07, 6.45) is 0. The number of hydrogen-bond acceptors (Lipinski definition) is 6. The van der Waals surface area contributed by atoms with Crippen LogP contribution in [0.1, 0.15) is 34.0 Å². The Morgan fingerprint density at radius 2 is 1.42 bits per heavy atom. The van der Waals surface area contributed by atoms with Crippen molar-refractivity contribution in [2.24, 2.45) is 0 Å². The van der Waals surface area contributed by atoms with E-state index in [2.05, 4.69) is 0 Å². The molecule has 2 aromatic heterocycles. The SMILES string of the molecule is Cc1c(C(c2ccccc2F)c2c(O)cc(C)n(CCN(C)C)c2=O)c(O)cc(=O)n1CCN(C)C. The molecule has 0 aliphatic rings. The molecular formula is C27H35FN4O4. The molecule has 0 fully saturated rings. The fraction of sp³-hybridized carbons (Fsp3) is 0.407. The quantitative estimate of drug-likeness (QED) is 0.471. The fourth-order valence-corrected chi connectivity index (χ4v) is 4.49. The average Bonchev–Trinajstić information content (AvgIpc) is 2.77. The van der Waals surface area contributed by atoms with Gasteiger partial charge in [-0.25, -0.2) is 4.39 Å². The predicted molar refractivity (Wildman–Crippen MR) is 139 cm³/mol. The maximum atomic E-state index is 15.3. The van der Waals surface area contributed by atoms with Crippen LogP contribution in [0.5, 0.6) is 11.5 Å². The minimum Gasteiger partial charge on any atom is -0.507 e. The van der Waals surface area contributed by atoms with E-state index in [0.29, 0.717) is 37.6 Å². The number of benzene rings is 1. The van der Waals surface area contributed by atoms with Crippen molar-refractivity contribution in [3.8, 4) is 11.5 Å². The third-order valence-corrected chi connectivity index (χ3v) is 6.45. The van der Waals surface area contributed by atoms with Gasteiger partial charge in [0.05, 0.1) is 11.5 Å². The van der Waals surface area contributed by atoms with Crippen molar-refractivity contribution in [1.82, 2.24) is 18.9 Å². The lowest BCUT2D eigenvalue weighted by Gasteiger charge is -2.26. The van der Waals surface area contributed by atoms with Crippen molar-refractivity contribution in [2.45, 2.75) is 32.9 Å². The smallest absolute Gasteiger partial charge is 0.258 e. The second-order valence-corrected chi connectivity index (χ2v) is 9.62. The van der Waals surface area contributed by atoms with Crippen LogP contribution in [0.2, 0.25) is 0 Å². The molecule has 0 saturated heterocycles. The highest BCUT2D eigenvalue weighted by Crippen LogP contribution is 2.41. The molecule has 0 amide bonds. The molecule has 0 aliphatic carbocycles. The molecule has 1 unspecified atom stereocenters. The minimum absolute atomic E-state index is 0.0549. The molecule has 8 nitrogen and oxygen atoms in total. The van der Waals surface area contributed by atoms with Crippen molar-refractivity contribution in [2.75, 3.05) is 41.3 Å². The van der Waals surface area contributed by atoms with Gasteiger partial charge in [-0.15, -0.1) is 0 Å². The van der Waals surface area contributed by atoms with Gasteiger partial charge in [-0.05, 0) is 54.2 Å². The Labute approximate surface area is 210 Å². The number of aromatic nitrogens is 2. The normalized spacial score (nSPS) is 12.5. The number of aryl methyl sites for hydroxylation is 1. The molecule has 9 heteroatoms. The zero-order valence-corrected chi connectivity index (χ0v) is 21.7. The molecule has 194 valence electrons. The summed E-state index contributed by atoms with van der Waals surface area (Å²) >= 11 is 0. The first-order valence-electron chi connectivity index (χ1n) is 11.8. The lowest BCUT2D eigenvalue weighted by atomic mass is 9.83. The highest BCUT2D eigenvalue weighted by molar-refractivity contribution is 5.54. The molecular weight excluding hydrogens is 463 g/mol. The largest absolute Gasteiger partial charge is 0.507 e. The molecule has 2 heterocycles. The van der Waals surface area contributed by atoms with Gasteiger partial charge >= 0.3 is 0 Å². The molecule has 36 heavy (non-hydrogen) atoms. The van der Waals surface area contributed by atoms with Crippen LogP contribution in [-0.4, -0.2) is 70.4 Å². The first-order chi connectivity index (χ1) is 16.9. The van der Waals surface area contributed by atoms with Crippen LogP contribution >= 0.6 is 0 Å². The van der Waals surface area contributed by atoms with E-state index < -0.39 is 22.9 Å². The molecule has 2 N–H and O–H groups in total. The Morgan fingerprint density at radius 1 is 0.861 bits per heavy atom. The lowest BCUT2D eigenvalue weighted by Crippen LogP contribution is -2.33. The van der Waals surface area contributed by atoms with E-state index in [0.717, 1.165) is 6.07 Å². The molecule has 0 saturated carbocycles. The van der Waals surface area contributed by atoms with Gasteiger partial charge in [0, 0.05) is 54.8 Å². The Bertz CT molecular complexity index is 1360. The molecule has 3 rings (SSSR count). The van der Waals surface area contributed by atoms with Gasteiger partial charge < -0.3 is 29.1 Å². The number of rotatable bonds is 9. The van der Waals surface area contributed by atoms with Crippen molar-refractivity contribution in [1.29, 1.82) is 0 Å². The summed E-state index contributed by atoms with van der Waals surface area (Å²) < 4.78 is 18.3. The number of pyridine rings is 2. The van der Waals surface area contributed by atoms with Crippen LogP contribution in [0.25, 0.3) is 0 Å². The summed E-state index contributed by atoms with van der Waals surface area (Å²) in [4.78, 5) is 30.4. The Morgan fingerprint density at radius 3 is 2.00 bits per heavy atom. The zero-order chi connectivity index (χ0) is 26.7. The minimum atomic E-state index is -1.14. The molecule has 3 aromatic rings. The topological polar surface area (TPSA) is 90.9 Å². The van der Waals surface area contributed by atoms with Crippen molar-refractivity contribution in [3.05, 3.63) is 91.0 Å². The van der Waals surface area contributed by atoms with E-state index in [-0.39, 0.29) is 28.2 Å². The highest BCUT2D eigenvalue weighted by atomic mass is 19.1. The van der Waals surface area contributed by atoms with Crippen LogP contribution in [-0.2, 0) is 13.1 Å². The van der Waals surface area contributed by atoms with Crippen molar-refractivity contribution in [3.63, 3.8) is 0 Å². The second-order valence-electron chi connectivity index (χ2n) is 9.62. The zero-order valence-electron chi connectivity index (χ0n) is 21.7. The molecule has 0 radical (unpaired) electrons. The molecule has 0 bridgehead atoms. The van der Waals surface area contributed by atoms with E-state index in [4.69, 9.17) is 0 Å². The number of hydrogen-bond donors (Lipinski definition) is 2. The summed E-state index contributed by atoms with van der Waals surface area (Å²) in [6, 6.07) is 8.53. The van der Waals surface area contributed by atoms with Gasteiger partial charge in [0.1, 0.15) is 17.3 Å². The number of halogens is 1. The number of aromatic hydroxyl groups is 2. The Balaban J connectivity index is 2.38.